The SMILES string of the molecule is CC1CCC(C(OO)C2CCC(C3OCC(C)CO3)CC2)CC1. The van der Waals surface area contributed by atoms with Crippen molar-refractivity contribution in [2.24, 2.45) is 29.6 Å². The predicted molar refractivity (Wildman–Crippen MR) is 88.9 cm³/mol. The third-order valence-electron chi connectivity index (χ3n) is 6.40. The first kappa shape index (κ1) is 17.7. The van der Waals surface area contributed by atoms with E-state index < -0.39 is 0 Å². The molecule has 0 amide bonds. The van der Waals surface area contributed by atoms with Crippen LogP contribution in [0.25, 0.3) is 0 Å². The van der Waals surface area contributed by atoms with Crippen LogP contribution in [0.4, 0.5) is 0 Å². The maximum absolute atomic E-state index is 9.49. The Morgan fingerprint density at radius 2 is 1.30 bits per heavy atom. The molecule has 23 heavy (non-hydrogen) atoms. The van der Waals surface area contributed by atoms with E-state index in [1.165, 1.54) is 25.7 Å². The monoisotopic (exact) mass is 326 g/mol. The zero-order valence-electron chi connectivity index (χ0n) is 14.8. The van der Waals surface area contributed by atoms with Gasteiger partial charge in [0.1, 0.15) is 0 Å². The Hall–Kier alpha value is -0.160. The van der Waals surface area contributed by atoms with E-state index in [4.69, 9.17) is 14.4 Å². The summed E-state index contributed by atoms with van der Waals surface area (Å²) < 4.78 is 11.8. The number of hydrogen-bond donors (Lipinski definition) is 1. The van der Waals surface area contributed by atoms with Crippen LogP contribution in [0.1, 0.15) is 65.2 Å². The van der Waals surface area contributed by atoms with Crippen molar-refractivity contribution in [3.05, 3.63) is 0 Å². The van der Waals surface area contributed by atoms with E-state index in [1.807, 2.05) is 0 Å². The van der Waals surface area contributed by atoms with E-state index in [9.17, 15) is 5.26 Å². The summed E-state index contributed by atoms with van der Waals surface area (Å²) in [6.07, 6.45) is 9.52. The van der Waals surface area contributed by atoms with E-state index in [2.05, 4.69) is 13.8 Å². The highest BCUT2D eigenvalue weighted by Gasteiger charge is 2.38. The molecule has 3 aliphatic rings. The van der Waals surface area contributed by atoms with Gasteiger partial charge >= 0.3 is 0 Å². The molecule has 1 atom stereocenters. The Labute approximate surface area is 140 Å². The highest BCUT2D eigenvalue weighted by molar-refractivity contribution is 4.85. The van der Waals surface area contributed by atoms with E-state index in [-0.39, 0.29) is 12.4 Å². The lowest BCUT2D eigenvalue weighted by atomic mass is 9.71. The molecule has 3 fully saturated rings. The molecule has 4 nitrogen and oxygen atoms in total. The minimum absolute atomic E-state index is 0.00354. The summed E-state index contributed by atoms with van der Waals surface area (Å²) in [6, 6.07) is 0. The molecule has 1 saturated heterocycles. The van der Waals surface area contributed by atoms with Crippen LogP contribution in [-0.2, 0) is 14.4 Å². The third-order valence-corrected chi connectivity index (χ3v) is 6.40. The van der Waals surface area contributed by atoms with Crippen LogP contribution in [0, 0.1) is 29.6 Å². The van der Waals surface area contributed by atoms with Crippen LogP contribution in [0.3, 0.4) is 0 Å². The maximum atomic E-state index is 9.49. The summed E-state index contributed by atoms with van der Waals surface area (Å²) in [5.41, 5.74) is 0. The molecule has 0 aromatic carbocycles. The average Bonchev–Trinajstić information content (AvgIpc) is 2.59. The van der Waals surface area contributed by atoms with Gasteiger partial charge in [0.15, 0.2) is 6.29 Å². The largest absolute Gasteiger partial charge is 0.352 e. The highest BCUT2D eigenvalue weighted by Crippen LogP contribution is 2.41. The van der Waals surface area contributed by atoms with Gasteiger partial charge in [-0.2, -0.15) is 0 Å². The van der Waals surface area contributed by atoms with Gasteiger partial charge in [0.2, 0.25) is 0 Å². The molecule has 1 heterocycles. The molecular weight excluding hydrogens is 292 g/mol. The molecule has 1 unspecified atom stereocenters. The fraction of sp³-hybridized carbons (Fsp3) is 1.00. The molecular formula is C19H34O4. The summed E-state index contributed by atoms with van der Waals surface area (Å²) in [7, 11) is 0. The molecule has 0 spiro atoms. The third kappa shape index (κ3) is 4.47. The van der Waals surface area contributed by atoms with Crippen LogP contribution < -0.4 is 0 Å². The Balaban J connectivity index is 1.47. The molecule has 0 aromatic heterocycles. The van der Waals surface area contributed by atoms with Crippen molar-refractivity contribution in [3.63, 3.8) is 0 Å². The molecule has 1 N–H and O–H groups in total. The second kappa shape index (κ2) is 8.28. The fourth-order valence-electron chi connectivity index (χ4n) is 4.80. The Kier molecular flexibility index (Phi) is 6.36. The quantitative estimate of drug-likeness (QED) is 0.611. The molecule has 1 aliphatic heterocycles. The molecule has 0 radical (unpaired) electrons. The van der Waals surface area contributed by atoms with Crippen molar-refractivity contribution < 1.29 is 19.6 Å². The minimum atomic E-state index is -0.00354. The van der Waals surface area contributed by atoms with Crippen LogP contribution in [-0.4, -0.2) is 30.9 Å². The van der Waals surface area contributed by atoms with E-state index in [0.717, 1.165) is 44.8 Å². The minimum Gasteiger partial charge on any atom is -0.352 e. The number of hydrogen-bond acceptors (Lipinski definition) is 4. The first-order valence-corrected chi connectivity index (χ1v) is 9.70. The van der Waals surface area contributed by atoms with Gasteiger partial charge in [-0.3, -0.25) is 5.26 Å². The van der Waals surface area contributed by atoms with Gasteiger partial charge in [-0.25, -0.2) is 4.89 Å². The summed E-state index contributed by atoms with van der Waals surface area (Å²) >= 11 is 0. The molecule has 4 heteroatoms. The zero-order chi connectivity index (χ0) is 16.2. The van der Waals surface area contributed by atoms with E-state index in [1.54, 1.807) is 0 Å². The van der Waals surface area contributed by atoms with Crippen molar-refractivity contribution >= 4 is 0 Å². The normalized spacial score (nSPS) is 44.0. The smallest absolute Gasteiger partial charge is 0.160 e. The van der Waals surface area contributed by atoms with Crippen LogP contribution >= 0.6 is 0 Å². The highest BCUT2D eigenvalue weighted by atomic mass is 17.1. The summed E-state index contributed by atoms with van der Waals surface area (Å²) in [4.78, 5) is 5.00. The van der Waals surface area contributed by atoms with Gasteiger partial charge in [0.25, 0.3) is 0 Å². The van der Waals surface area contributed by atoms with Crippen molar-refractivity contribution in [3.8, 4) is 0 Å². The molecule has 0 bridgehead atoms. The summed E-state index contributed by atoms with van der Waals surface area (Å²) in [6.45, 7) is 6.16. The second-order valence-corrected chi connectivity index (χ2v) is 8.41. The van der Waals surface area contributed by atoms with E-state index >= 15 is 0 Å². The lowest BCUT2D eigenvalue weighted by Gasteiger charge is -2.40. The van der Waals surface area contributed by atoms with Crippen LogP contribution in [0.5, 0.6) is 0 Å². The van der Waals surface area contributed by atoms with Crippen molar-refractivity contribution in [2.45, 2.75) is 77.6 Å². The van der Waals surface area contributed by atoms with Crippen LogP contribution in [0.2, 0.25) is 0 Å². The number of ether oxygens (including phenoxy) is 2. The molecule has 2 saturated carbocycles. The van der Waals surface area contributed by atoms with Gasteiger partial charge in [0.05, 0.1) is 19.3 Å². The summed E-state index contributed by atoms with van der Waals surface area (Å²) in [5, 5.41) is 9.49. The van der Waals surface area contributed by atoms with Crippen molar-refractivity contribution in [1.29, 1.82) is 0 Å². The van der Waals surface area contributed by atoms with Gasteiger partial charge in [-0.15, -0.1) is 0 Å². The first-order valence-electron chi connectivity index (χ1n) is 9.70. The summed E-state index contributed by atoms with van der Waals surface area (Å²) in [5.74, 6) is 2.91. The average molecular weight is 326 g/mol. The van der Waals surface area contributed by atoms with Crippen molar-refractivity contribution in [2.75, 3.05) is 13.2 Å². The van der Waals surface area contributed by atoms with Gasteiger partial charge in [-0.05, 0) is 56.3 Å². The lowest BCUT2D eigenvalue weighted by molar-refractivity contribution is -0.308. The fourth-order valence-corrected chi connectivity index (χ4v) is 4.80. The second-order valence-electron chi connectivity index (χ2n) is 8.41. The van der Waals surface area contributed by atoms with Gasteiger partial charge < -0.3 is 9.47 Å². The Morgan fingerprint density at radius 3 is 1.83 bits per heavy atom. The topological polar surface area (TPSA) is 47.9 Å². The Bertz CT molecular complexity index is 337. The molecule has 2 aliphatic carbocycles. The molecule has 134 valence electrons. The van der Waals surface area contributed by atoms with Crippen LogP contribution in [0.15, 0.2) is 0 Å². The maximum Gasteiger partial charge on any atom is 0.160 e. The number of rotatable bonds is 4. The standard InChI is InChI=1S/C19H34O4/c1-13-3-5-15(6-4-13)18(23-20)16-7-9-17(10-8-16)19-21-11-14(2)12-22-19/h13-20H,3-12H2,1-2H3. The van der Waals surface area contributed by atoms with Crippen molar-refractivity contribution in [1.82, 2.24) is 0 Å². The predicted octanol–water partition coefficient (Wildman–Crippen LogP) is 4.49. The van der Waals surface area contributed by atoms with Gasteiger partial charge in [0, 0.05) is 11.8 Å². The lowest BCUT2D eigenvalue weighted by Crippen LogP contribution is -2.40. The molecule has 0 aromatic rings. The molecule has 3 rings (SSSR count). The zero-order valence-corrected chi connectivity index (χ0v) is 14.8. The first-order chi connectivity index (χ1) is 11.2. The van der Waals surface area contributed by atoms with E-state index in [0.29, 0.717) is 23.7 Å². The Morgan fingerprint density at radius 1 is 0.783 bits per heavy atom. The van der Waals surface area contributed by atoms with Gasteiger partial charge in [-0.1, -0.05) is 26.7 Å².